The molecule has 1 aliphatic heterocycles. The number of hydrogen-bond acceptors (Lipinski definition) is 4. The van der Waals surface area contributed by atoms with Gasteiger partial charge in [0, 0.05) is 44.7 Å². The van der Waals surface area contributed by atoms with Crippen LogP contribution in [0.2, 0.25) is 0 Å². The summed E-state index contributed by atoms with van der Waals surface area (Å²) in [6, 6.07) is 0. The topological polar surface area (TPSA) is 55.3 Å². The highest BCUT2D eigenvalue weighted by molar-refractivity contribution is 5.76. The second-order valence-corrected chi connectivity index (χ2v) is 5.34. The Morgan fingerprint density at radius 1 is 1.42 bits per heavy atom. The third kappa shape index (κ3) is 4.19. The van der Waals surface area contributed by atoms with Crippen molar-refractivity contribution in [3.8, 4) is 5.88 Å². The van der Waals surface area contributed by atoms with Crippen LogP contribution in [0.15, 0.2) is 18.6 Å². The van der Waals surface area contributed by atoms with Crippen LogP contribution in [-0.4, -0.2) is 40.0 Å². The highest BCUT2D eigenvalue weighted by Gasteiger charge is 2.24. The molecule has 1 aromatic rings. The first-order valence-electron chi connectivity index (χ1n) is 6.85. The molecule has 1 aliphatic rings. The van der Waals surface area contributed by atoms with Crippen LogP contribution in [0.3, 0.4) is 0 Å². The van der Waals surface area contributed by atoms with Gasteiger partial charge in [-0.05, 0) is 5.92 Å². The molecule has 2 heterocycles. The molecule has 104 valence electrons. The predicted molar refractivity (Wildman–Crippen MR) is 71.7 cm³/mol. The summed E-state index contributed by atoms with van der Waals surface area (Å²) in [5.74, 6) is 1.24. The fourth-order valence-corrected chi connectivity index (χ4v) is 2.22. The molecule has 5 heteroatoms. The second kappa shape index (κ2) is 6.50. The molecule has 0 atom stereocenters. The average molecular weight is 263 g/mol. The Bertz CT molecular complexity index is 400. The lowest BCUT2D eigenvalue weighted by atomic mass is 10.1. The first kappa shape index (κ1) is 13.8. The third-order valence-corrected chi connectivity index (χ3v) is 3.20. The quantitative estimate of drug-likeness (QED) is 0.832. The first-order chi connectivity index (χ1) is 9.15. The minimum Gasteiger partial charge on any atom is -0.473 e. The van der Waals surface area contributed by atoms with Gasteiger partial charge in [0.2, 0.25) is 11.8 Å². The molecule has 5 nitrogen and oxygen atoms in total. The SMILES string of the molecule is CC(C)CC(=O)N1CCC(Oc2cnccn2)CC1. The van der Waals surface area contributed by atoms with Crippen molar-refractivity contribution in [3.05, 3.63) is 18.6 Å². The number of likely N-dealkylation sites (tertiary alicyclic amines) is 1. The maximum absolute atomic E-state index is 11.9. The number of ether oxygens (including phenoxy) is 1. The Labute approximate surface area is 114 Å². The van der Waals surface area contributed by atoms with Crippen LogP contribution in [0.4, 0.5) is 0 Å². The molecular weight excluding hydrogens is 242 g/mol. The number of rotatable bonds is 4. The molecule has 0 bridgehead atoms. The monoisotopic (exact) mass is 263 g/mol. The van der Waals surface area contributed by atoms with Crippen LogP contribution in [-0.2, 0) is 4.79 Å². The normalized spacial score (nSPS) is 16.7. The van der Waals surface area contributed by atoms with Crippen LogP contribution in [0.1, 0.15) is 33.1 Å². The summed E-state index contributed by atoms with van der Waals surface area (Å²) in [7, 11) is 0. The van der Waals surface area contributed by atoms with E-state index in [4.69, 9.17) is 4.74 Å². The van der Waals surface area contributed by atoms with Gasteiger partial charge in [-0.2, -0.15) is 0 Å². The van der Waals surface area contributed by atoms with E-state index in [1.165, 1.54) is 0 Å². The predicted octanol–water partition coefficient (Wildman–Crippen LogP) is 1.89. The van der Waals surface area contributed by atoms with Crippen LogP contribution in [0.25, 0.3) is 0 Å². The van der Waals surface area contributed by atoms with E-state index in [1.807, 2.05) is 4.90 Å². The van der Waals surface area contributed by atoms with Gasteiger partial charge < -0.3 is 9.64 Å². The largest absolute Gasteiger partial charge is 0.473 e. The van der Waals surface area contributed by atoms with Gasteiger partial charge in [0.1, 0.15) is 6.10 Å². The van der Waals surface area contributed by atoms with Gasteiger partial charge in [0.15, 0.2) is 0 Å². The van der Waals surface area contributed by atoms with Crippen molar-refractivity contribution in [2.75, 3.05) is 13.1 Å². The molecule has 0 radical (unpaired) electrons. The Hall–Kier alpha value is -1.65. The lowest BCUT2D eigenvalue weighted by Crippen LogP contribution is -2.42. The minimum atomic E-state index is 0.139. The van der Waals surface area contributed by atoms with Crippen molar-refractivity contribution < 1.29 is 9.53 Å². The maximum Gasteiger partial charge on any atom is 0.232 e. The Balaban J connectivity index is 1.78. The van der Waals surface area contributed by atoms with Crippen molar-refractivity contribution in [3.63, 3.8) is 0 Å². The van der Waals surface area contributed by atoms with E-state index in [9.17, 15) is 4.79 Å². The van der Waals surface area contributed by atoms with Gasteiger partial charge in [-0.1, -0.05) is 13.8 Å². The zero-order chi connectivity index (χ0) is 13.7. The van der Waals surface area contributed by atoms with E-state index in [2.05, 4.69) is 23.8 Å². The summed E-state index contributed by atoms with van der Waals surface area (Å²) < 4.78 is 5.75. The molecule has 1 amide bonds. The fraction of sp³-hybridized carbons (Fsp3) is 0.643. The van der Waals surface area contributed by atoms with Crippen LogP contribution in [0, 0.1) is 5.92 Å². The summed E-state index contributed by atoms with van der Waals surface area (Å²) in [6.45, 7) is 5.69. The van der Waals surface area contributed by atoms with Gasteiger partial charge in [0.25, 0.3) is 0 Å². The number of carbonyl (C=O) groups is 1. The molecule has 1 saturated heterocycles. The smallest absolute Gasteiger partial charge is 0.232 e. The van der Waals surface area contributed by atoms with Gasteiger partial charge in [-0.15, -0.1) is 0 Å². The highest BCUT2D eigenvalue weighted by Crippen LogP contribution is 2.17. The molecule has 2 rings (SSSR count). The van der Waals surface area contributed by atoms with E-state index < -0.39 is 0 Å². The molecule has 19 heavy (non-hydrogen) atoms. The van der Waals surface area contributed by atoms with Gasteiger partial charge in [-0.25, -0.2) is 4.98 Å². The number of amides is 1. The lowest BCUT2D eigenvalue weighted by Gasteiger charge is -2.32. The number of carbonyl (C=O) groups excluding carboxylic acids is 1. The standard InChI is InChI=1S/C14H21N3O2/c1-11(2)9-14(18)17-7-3-12(4-8-17)19-13-10-15-5-6-16-13/h5-6,10-12H,3-4,7-9H2,1-2H3. The summed E-state index contributed by atoms with van der Waals surface area (Å²) in [5, 5.41) is 0. The maximum atomic E-state index is 11.9. The van der Waals surface area contributed by atoms with Gasteiger partial charge in [-0.3, -0.25) is 9.78 Å². The van der Waals surface area contributed by atoms with E-state index >= 15 is 0 Å². The number of piperidine rings is 1. The molecule has 1 fully saturated rings. The van der Waals surface area contributed by atoms with E-state index in [0.29, 0.717) is 18.2 Å². The van der Waals surface area contributed by atoms with Crippen molar-refractivity contribution in [2.24, 2.45) is 5.92 Å². The number of hydrogen-bond donors (Lipinski definition) is 0. The molecule has 0 N–H and O–H groups in total. The second-order valence-electron chi connectivity index (χ2n) is 5.34. The first-order valence-corrected chi connectivity index (χ1v) is 6.85. The Kier molecular flexibility index (Phi) is 4.71. The van der Waals surface area contributed by atoms with E-state index in [-0.39, 0.29) is 12.0 Å². The van der Waals surface area contributed by atoms with Crippen LogP contribution in [0.5, 0.6) is 5.88 Å². The molecule has 1 aromatic heterocycles. The minimum absolute atomic E-state index is 0.139. The summed E-state index contributed by atoms with van der Waals surface area (Å²) in [4.78, 5) is 22.0. The zero-order valence-electron chi connectivity index (χ0n) is 11.6. The van der Waals surface area contributed by atoms with Crippen molar-refractivity contribution in [1.29, 1.82) is 0 Å². The molecule has 0 unspecified atom stereocenters. The van der Waals surface area contributed by atoms with Crippen molar-refractivity contribution in [2.45, 2.75) is 39.2 Å². The Morgan fingerprint density at radius 3 is 2.74 bits per heavy atom. The van der Waals surface area contributed by atoms with Crippen molar-refractivity contribution in [1.82, 2.24) is 14.9 Å². The summed E-state index contributed by atoms with van der Waals surface area (Å²) in [5.41, 5.74) is 0. The zero-order valence-corrected chi connectivity index (χ0v) is 11.6. The van der Waals surface area contributed by atoms with Crippen LogP contribution < -0.4 is 4.74 Å². The number of nitrogens with zero attached hydrogens (tertiary/aromatic N) is 3. The lowest BCUT2D eigenvalue weighted by molar-refractivity contribution is -0.133. The fourth-order valence-electron chi connectivity index (χ4n) is 2.22. The average Bonchev–Trinajstić information content (AvgIpc) is 2.40. The van der Waals surface area contributed by atoms with Gasteiger partial charge >= 0.3 is 0 Å². The van der Waals surface area contributed by atoms with E-state index in [0.717, 1.165) is 25.9 Å². The van der Waals surface area contributed by atoms with Crippen LogP contribution >= 0.6 is 0 Å². The molecule has 0 aliphatic carbocycles. The molecular formula is C14H21N3O2. The van der Waals surface area contributed by atoms with Gasteiger partial charge in [0.05, 0.1) is 6.20 Å². The Morgan fingerprint density at radius 2 is 2.16 bits per heavy atom. The molecule has 0 saturated carbocycles. The highest BCUT2D eigenvalue weighted by atomic mass is 16.5. The number of aromatic nitrogens is 2. The molecule has 0 spiro atoms. The molecule has 0 aromatic carbocycles. The summed E-state index contributed by atoms with van der Waals surface area (Å²) in [6.07, 6.45) is 7.36. The van der Waals surface area contributed by atoms with E-state index in [1.54, 1.807) is 18.6 Å². The summed E-state index contributed by atoms with van der Waals surface area (Å²) >= 11 is 0. The van der Waals surface area contributed by atoms with Crippen molar-refractivity contribution >= 4 is 5.91 Å². The third-order valence-electron chi connectivity index (χ3n) is 3.20.